The lowest BCUT2D eigenvalue weighted by Crippen LogP contribution is -2.41. The maximum Gasteiger partial charge on any atom is 0.255 e. The third-order valence-electron chi connectivity index (χ3n) is 5.76. The Labute approximate surface area is 207 Å². The summed E-state index contributed by atoms with van der Waals surface area (Å²) >= 11 is 0. The number of benzene rings is 3. The van der Waals surface area contributed by atoms with Crippen LogP contribution in [0.25, 0.3) is 0 Å². The molecule has 3 aromatic rings. The molecule has 36 heavy (non-hydrogen) atoms. The van der Waals surface area contributed by atoms with Crippen molar-refractivity contribution in [3.63, 3.8) is 0 Å². The fourth-order valence-electron chi connectivity index (χ4n) is 3.85. The highest BCUT2D eigenvalue weighted by Gasteiger charge is 2.26. The molecule has 0 spiro atoms. The van der Waals surface area contributed by atoms with Crippen molar-refractivity contribution in [3.05, 3.63) is 89.0 Å². The average molecular weight is 496 g/mol. The molecule has 0 bridgehead atoms. The maximum atomic E-state index is 13.5. The fraction of sp³-hybridized carbons (Fsp3) is 0.259. The zero-order chi connectivity index (χ0) is 25.9. The third kappa shape index (κ3) is 5.98. The van der Waals surface area contributed by atoms with Crippen LogP contribution in [0, 0.1) is 17.0 Å². The number of carbonyl (C=O) groups is 2. The summed E-state index contributed by atoms with van der Waals surface area (Å²) in [7, 11) is 0. The number of hydrogen-bond acceptors (Lipinski definition) is 5. The molecular formula is C27H27F2N3O4. The van der Waals surface area contributed by atoms with Crippen molar-refractivity contribution in [1.82, 2.24) is 4.90 Å². The number of rotatable bonds is 8. The van der Waals surface area contributed by atoms with Crippen molar-refractivity contribution >= 4 is 17.5 Å². The number of carbonyl (C=O) groups excluding carboxylic acids is 2. The molecule has 0 saturated carbocycles. The van der Waals surface area contributed by atoms with Crippen LogP contribution in [0.4, 0.5) is 14.5 Å². The van der Waals surface area contributed by atoms with Gasteiger partial charge in [0.2, 0.25) is 6.79 Å². The molecule has 0 aliphatic carbocycles. The van der Waals surface area contributed by atoms with E-state index in [9.17, 15) is 18.4 Å². The van der Waals surface area contributed by atoms with Crippen LogP contribution in [-0.4, -0.2) is 36.6 Å². The van der Waals surface area contributed by atoms with Crippen LogP contribution in [0.2, 0.25) is 0 Å². The number of nitrogens with zero attached hydrogens (tertiary/aromatic N) is 1. The largest absolute Gasteiger partial charge is 0.454 e. The first-order chi connectivity index (χ1) is 17.1. The second-order valence-corrected chi connectivity index (χ2v) is 9.41. The van der Waals surface area contributed by atoms with Crippen LogP contribution in [-0.2, 0) is 6.54 Å². The summed E-state index contributed by atoms with van der Waals surface area (Å²) in [5, 5.41) is 2.65. The summed E-state index contributed by atoms with van der Waals surface area (Å²) < 4.78 is 37.8. The first kappa shape index (κ1) is 25.1. The average Bonchev–Trinajstić information content (AvgIpc) is 3.31. The number of ether oxygens (including phenoxy) is 2. The van der Waals surface area contributed by atoms with Gasteiger partial charge in [-0.25, -0.2) is 8.78 Å². The lowest BCUT2D eigenvalue weighted by molar-refractivity contribution is 0.0672. The van der Waals surface area contributed by atoms with Crippen LogP contribution in [0.1, 0.15) is 40.1 Å². The molecule has 0 radical (unpaired) electrons. The number of halogens is 2. The van der Waals surface area contributed by atoms with Crippen LogP contribution >= 0.6 is 0 Å². The van der Waals surface area contributed by atoms with E-state index in [1.54, 1.807) is 41.3 Å². The quantitative estimate of drug-likeness (QED) is 0.477. The number of fused-ring (bicyclic) bond motifs is 1. The standard InChI is InChI=1S/C27H27F2N3O4/c1-27(2,14-30)15-32(26(34)18-6-7-23-24(11-18)36-16-35-23)13-17-4-3-5-22(8-17)31-25(33)19-9-20(28)12-21(29)10-19/h3-12H,13-16,30H2,1-2H3,(H,31,33). The van der Waals surface area contributed by atoms with E-state index in [1.807, 2.05) is 19.9 Å². The Morgan fingerprint density at radius 2 is 1.69 bits per heavy atom. The molecule has 1 aliphatic rings. The Balaban J connectivity index is 1.55. The molecule has 0 atom stereocenters. The monoisotopic (exact) mass is 495 g/mol. The van der Waals surface area contributed by atoms with Crippen molar-refractivity contribution in [1.29, 1.82) is 0 Å². The second-order valence-electron chi connectivity index (χ2n) is 9.41. The smallest absolute Gasteiger partial charge is 0.255 e. The predicted octanol–water partition coefficient (Wildman–Crippen LogP) is 4.57. The highest BCUT2D eigenvalue weighted by Crippen LogP contribution is 2.33. The Bertz CT molecular complexity index is 1280. The van der Waals surface area contributed by atoms with Gasteiger partial charge >= 0.3 is 0 Å². The van der Waals surface area contributed by atoms with Gasteiger partial charge in [-0.2, -0.15) is 0 Å². The third-order valence-corrected chi connectivity index (χ3v) is 5.76. The highest BCUT2D eigenvalue weighted by atomic mass is 19.1. The van der Waals surface area contributed by atoms with Gasteiger partial charge in [-0.1, -0.05) is 26.0 Å². The SMILES string of the molecule is CC(C)(CN)CN(Cc1cccc(NC(=O)c2cc(F)cc(F)c2)c1)C(=O)c1ccc2c(c1)OCO2. The first-order valence-electron chi connectivity index (χ1n) is 11.4. The van der Waals surface area contributed by atoms with Gasteiger partial charge in [-0.3, -0.25) is 9.59 Å². The van der Waals surface area contributed by atoms with E-state index in [1.165, 1.54) is 0 Å². The first-order valence-corrected chi connectivity index (χ1v) is 11.4. The van der Waals surface area contributed by atoms with E-state index in [0.29, 0.717) is 41.9 Å². The van der Waals surface area contributed by atoms with Crippen molar-refractivity contribution in [2.24, 2.45) is 11.1 Å². The van der Waals surface area contributed by atoms with Crippen LogP contribution in [0.15, 0.2) is 60.7 Å². The molecule has 3 aromatic carbocycles. The molecule has 1 heterocycles. The maximum absolute atomic E-state index is 13.5. The Morgan fingerprint density at radius 1 is 0.972 bits per heavy atom. The van der Waals surface area contributed by atoms with Gasteiger partial charge in [0.25, 0.3) is 11.8 Å². The van der Waals surface area contributed by atoms with Gasteiger partial charge in [-0.15, -0.1) is 0 Å². The molecule has 3 N–H and O–H groups in total. The molecule has 9 heteroatoms. The number of nitrogens with two attached hydrogens (primary N) is 1. The molecule has 0 aromatic heterocycles. The van der Waals surface area contributed by atoms with Crippen LogP contribution in [0.5, 0.6) is 11.5 Å². The molecule has 0 saturated heterocycles. The second kappa shape index (κ2) is 10.3. The van der Waals surface area contributed by atoms with Gasteiger partial charge in [0.05, 0.1) is 0 Å². The van der Waals surface area contributed by atoms with E-state index < -0.39 is 17.5 Å². The fourth-order valence-corrected chi connectivity index (χ4v) is 3.85. The van der Waals surface area contributed by atoms with Gasteiger partial charge in [0.1, 0.15) is 11.6 Å². The highest BCUT2D eigenvalue weighted by molar-refractivity contribution is 6.04. The Morgan fingerprint density at radius 3 is 2.42 bits per heavy atom. The van der Waals surface area contributed by atoms with E-state index in [4.69, 9.17) is 15.2 Å². The number of amides is 2. The van der Waals surface area contributed by atoms with Crippen LogP contribution in [0.3, 0.4) is 0 Å². The number of anilines is 1. The normalized spacial score (nSPS) is 12.4. The molecular weight excluding hydrogens is 468 g/mol. The number of hydrogen-bond donors (Lipinski definition) is 2. The zero-order valence-corrected chi connectivity index (χ0v) is 20.0. The van der Waals surface area contributed by atoms with Crippen LogP contribution < -0.4 is 20.5 Å². The molecule has 188 valence electrons. The minimum Gasteiger partial charge on any atom is -0.454 e. The van der Waals surface area contributed by atoms with Crippen molar-refractivity contribution in [2.75, 3.05) is 25.2 Å². The molecule has 0 unspecified atom stereocenters. The van der Waals surface area contributed by atoms with Gasteiger partial charge in [0.15, 0.2) is 11.5 Å². The van der Waals surface area contributed by atoms with Gasteiger partial charge in [0, 0.05) is 36.0 Å². The topological polar surface area (TPSA) is 93.9 Å². The van der Waals surface area contributed by atoms with Gasteiger partial charge in [-0.05, 0) is 60.0 Å². The molecule has 1 aliphatic heterocycles. The van der Waals surface area contributed by atoms with E-state index in [2.05, 4.69) is 5.32 Å². The summed E-state index contributed by atoms with van der Waals surface area (Å²) in [5.41, 5.74) is 7.08. The van der Waals surface area contributed by atoms with E-state index in [-0.39, 0.29) is 30.2 Å². The number of nitrogens with one attached hydrogen (secondary N) is 1. The Hall–Kier alpha value is -3.98. The predicted molar refractivity (Wildman–Crippen MR) is 131 cm³/mol. The van der Waals surface area contributed by atoms with E-state index in [0.717, 1.165) is 17.7 Å². The minimum absolute atomic E-state index is 0.109. The van der Waals surface area contributed by atoms with E-state index >= 15 is 0 Å². The van der Waals surface area contributed by atoms with Crippen molar-refractivity contribution in [3.8, 4) is 11.5 Å². The summed E-state index contributed by atoms with van der Waals surface area (Å²) in [6.45, 7) is 5.06. The minimum atomic E-state index is -0.839. The van der Waals surface area contributed by atoms with Gasteiger partial charge < -0.3 is 25.4 Å². The summed E-state index contributed by atoms with van der Waals surface area (Å²) in [4.78, 5) is 27.7. The van der Waals surface area contributed by atoms with Crippen molar-refractivity contribution < 1.29 is 27.8 Å². The lowest BCUT2D eigenvalue weighted by atomic mass is 9.92. The molecule has 4 rings (SSSR count). The zero-order valence-electron chi connectivity index (χ0n) is 20.0. The lowest BCUT2D eigenvalue weighted by Gasteiger charge is -2.32. The Kier molecular flexibility index (Phi) is 7.21. The molecule has 7 nitrogen and oxygen atoms in total. The summed E-state index contributed by atoms with van der Waals surface area (Å²) in [5.74, 6) is -1.44. The summed E-state index contributed by atoms with van der Waals surface area (Å²) in [6.07, 6.45) is 0. The molecule has 0 fully saturated rings. The summed E-state index contributed by atoms with van der Waals surface area (Å²) in [6, 6.07) is 14.6. The molecule has 2 amide bonds. The van der Waals surface area contributed by atoms with Crippen molar-refractivity contribution in [2.45, 2.75) is 20.4 Å².